The van der Waals surface area contributed by atoms with Gasteiger partial charge in [0.2, 0.25) is 0 Å². The van der Waals surface area contributed by atoms with Gasteiger partial charge in [-0.15, -0.1) is 0 Å². The summed E-state index contributed by atoms with van der Waals surface area (Å²) in [5.74, 6) is 0.261. The second kappa shape index (κ2) is 5.55. The number of rotatable bonds is 3. The lowest BCUT2D eigenvalue weighted by Crippen LogP contribution is -2.32. The van der Waals surface area contributed by atoms with Crippen molar-refractivity contribution in [1.82, 2.24) is 4.98 Å². The van der Waals surface area contributed by atoms with Gasteiger partial charge in [0.1, 0.15) is 16.5 Å². The zero-order chi connectivity index (χ0) is 14.9. The van der Waals surface area contributed by atoms with E-state index >= 15 is 0 Å². The Bertz CT molecular complexity index is 516. The summed E-state index contributed by atoms with van der Waals surface area (Å²) in [6.07, 6.45) is -1.72. The van der Waals surface area contributed by atoms with E-state index in [1.165, 1.54) is 6.07 Å². The highest BCUT2D eigenvalue weighted by Crippen LogP contribution is 2.33. The lowest BCUT2D eigenvalue weighted by molar-refractivity contribution is -0.141. The molecule has 1 atom stereocenters. The van der Waals surface area contributed by atoms with Gasteiger partial charge in [-0.25, -0.2) is 4.98 Å². The van der Waals surface area contributed by atoms with Crippen LogP contribution >= 0.6 is 12.2 Å². The van der Waals surface area contributed by atoms with Crippen LogP contribution in [0.25, 0.3) is 0 Å². The fraction of sp³-hybridized carbons (Fsp3) is 0.538. The van der Waals surface area contributed by atoms with E-state index in [9.17, 15) is 13.2 Å². The molecule has 2 heterocycles. The van der Waals surface area contributed by atoms with Crippen LogP contribution < -0.4 is 10.6 Å². The van der Waals surface area contributed by atoms with Crippen molar-refractivity contribution in [3.05, 3.63) is 23.4 Å². The Morgan fingerprint density at radius 2 is 2.20 bits per heavy atom. The Labute approximate surface area is 121 Å². The van der Waals surface area contributed by atoms with Gasteiger partial charge in [-0.05, 0) is 31.4 Å². The standard InChI is InChI=1S/C13H16F3N3S/c1-2-8-4-3-7-19(8)12-9(11(17)20)5-6-10(18-12)13(14,15)16/h5-6,8H,2-4,7H2,1H3,(H2,17,20). The van der Waals surface area contributed by atoms with Crippen LogP contribution in [0.3, 0.4) is 0 Å². The highest BCUT2D eigenvalue weighted by Gasteiger charge is 2.35. The molecule has 3 nitrogen and oxygen atoms in total. The summed E-state index contributed by atoms with van der Waals surface area (Å²) >= 11 is 4.93. The van der Waals surface area contributed by atoms with Crippen molar-refractivity contribution in [3.8, 4) is 0 Å². The maximum absolute atomic E-state index is 12.8. The van der Waals surface area contributed by atoms with Gasteiger partial charge in [0.15, 0.2) is 0 Å². The fourth-order valence-corrected chi connectivity index (χ4v) is 2.72. The number of nitrogens with two attached hydrogens (primary N) is 1. The molecule has 1 unspecified atom stereocenters. The van der Waals surface area contributed by atoms with E-state index in [4.69, 9.17) is 18.0 Å². The minimum Gasteiger partial charge on any atom is -0.389 e. The summed E-state index contributed by atoms with van der Waals surface area (Å²) in [6.45, 7) is 2.69. The molecule has 1 aromatic heterocycles. The van der Waals surface area contributed by atoms with Crippen LogP contribution in [0.15, 0.2) is 12.1 Å². The van der Waals surface area contributed by atoms with E-state index in [1.807, 2.05) is 11.8 Å². The van der Waals surface area contributed by atoms with Gasteiger partial charge >= 0.3 is 6.18 Å². The van der Waals surface area contributed by atoms with Crippen molar-refractivity contribution in [1.29, 1.82) is 0 Å². The number of hydrogen-bond donors (Lipinski definition) is 1. The van der Waals surface area contributed by atoms with Crippen LogP contribution in [0.4, 0.5) is 19.0 Å². The van der Waals surface area contributed by atoms with Crippen molar-refractivity contribution < 1.29 is 13.2 Å². The molecule has 0 aromatic carbocycles. The van der Waals surface area contributed by atoms with E-state index in [1.54, 1.807) is 0 Å². The third-order valence-electron chi connectivity index (χ3n) is 3.55. The molecular formula is C13H16F3N3S. The number of nitrogens with zero attached hydrogens (tertiary/aromatic N) is 2. The Hall–Kier alpha value is -1.37. The van der Waals surface area contributed by atoms with Crippen LogP contribution in [0, 0.1) is 0 Å². The van der Waals surface area contributed by atoms with Gasteiger partial charge in [-0.1, -0.05) is 19.1 Å². The normalized spacial score (nSPS) is 19.4. The van der Waals surface area contributed by atoms with Crippen molar-refractivity contribution in [3.63, 3.8) is 0 Å². The van der Waals surface area contributed by atoms with Crippen LogP contribution in [-0.2, 0) is 6.18 Å². The van der Waals surface area contributed by atoms with Crippen molar-refractivity contribution in [2.75, 3.05) is 11.4 Å². The summed E-state index contributed by atoms with van der Waals surface area (Å²) in [5.41, 5.74) is 5.11. The monoisotopic (exact) mass is 303 g/mol. The SMILES string of the molecule is CCC1CCCN1c1nc(C(F)(F)F)ccc1C(N)=S. The molecule has 0 bridgehead atoms. The zero-order valence-corrected chi connectivity index (χ0v) is 11.9. The maximum Gasteiger partial charge on any atom is 0.433 e. The average Bonchev–Trinajstić information content (AvgIpc) is 2.84. The third-order valence-corrected chi connectivity index (χ3v) is 3.77. The van der Waals surface area contributed by atoms with Gasteiger partial charge < -0.3 is 10.6 Å². The molecule has 2 rings (SSSR count). The zero-order valence-electron chi connectivity index (χ0n) is 11.1. The summed E-state index contributed by atoms with van der Waals surface area (Å²) in [5, 5.41) is 0. The average molecular weight is 303 g/mol. The molecule has 1 fully saturated rings. The predicted molar refractivity (Wildman–Crippen MR) is 75.8 cm³/mol. The molecule has 1 saturated heterocycles. The van der Waals surface area contributed by atoms with E-state index in [0.29, 0.717) is 12.1 Å². The molecule has 0 radical (unpaired) electrons. The first-order chi connectivity index (χ1) is 9.34. The smallest absolute Gasteiger partial charge is 0.389 e. The molecule has 0 spiro atoms. The Morgan fingerprint density at radius 1 is 1.50 bits per heavy atom. The Balaban J connectivity index is 2.50. The molecule has 110 valence electrons. The number of aromatic nitrogens is 1. The largest absolute Gasteiger partial charge is 0.433 e. The molecule has 2 N–H and O–H groups in total. The molecule has 1 aliphatic rings. The first-order valence-electron chi connectivity index (χ1n) is 6.49. The number of thiocarbonyl (C=S) groups is 1. The number of anilines is 1. The number of alkyl halides is 3. The van der Waals surface area contributed by atoms with Crippen LogP contribution in [0.5, 0.6) is 0 Å². The molecule has 0 amide bonds. The highest BCUT2D eigenvalue weighted by molar-refractivity contribution is 7.80. The van der Waals surface area contributed by atoms with E-state index in [-0.39, 0.29) is 16.8 Å². The summed E-state index contributed by atoms with van der Waals surface area (Å²) < 4.78 is 38.5. The first-order valence-corrected chi connectivity index (χ1v) is 6.90. The molecule has 0 aliphatic carbocycles. The minimum absolute atomic E-state index is 0.0722. The van der Waals surface area contributed by atoms with Crippen LogP contribution in [-0.4, -0.2) is 22.6 Å². The third kappa shape index (κ3) is 2.87. The van der Waals surface area contributed by atoms with Crippen molar-refractivity contribution in [2.45, 2.75) is 38.4 Å². The Morgan fingerprint density at radius 3 is 2.75 bits per heavy atom. The Kier molecular flexibility index (Phi) is 4.17. The lowest BCUT2D eigenvalue weighted by atomic mass is 10.1. The molecule has 0 saturated carbocycles. The van der Waals surface area contributed by atoms with Gasteiger partial charge in [-0.3, -0.25) is 0 Å². The second-order valence-corrected chi connectivity index (χ2v) is 5.27. The van der Waals surface area contributed by atoms with E-state index in [2.05, 4.69) is 4.98 Å². The highest BCUT2D eigenvalue weighted by atomic mass is 32.1. The maximum atomic E-state index is 12.8. The minimum atomic E-state index is -4.47. The van der Waals surface area contributed by atoms with Crippen molar-refractivity contribution in [2.24, 2.45) is 5.73 Å². The summed E-state index contributed by atoms with van der Waals surface area (Å²) in [4.78, 5) is 5.74. The van der Waals surface area contributed by atoms with E-state index < -0.39 is 11.9 Å². The fourth-order valence-electron chi connectivity index (χ4n) is 2.56. The molecule has 7 heteroatoms. The van der Waals surface area contributed by atoms with Gasteiger partial charge in [-0.2, -0.15) is 13.2 Å². The first kappa shape index (κ1) is 15.0. The quantitative estimate of drug-likeness (QED) is 0.871. The van der Waals surface area contributed by atoms with Crippen LogP contribution in [0.1, 0.15) is 37.4 Å². The number of hydrogen-bond acceptors (Lipinski definition) is 3. The molecule has 20 heavy (non-hydrogen) atoms. The predicted octanol–water partition coefficient (Wildman–Crippen LogP) is 3.11. The van der Waals surface area contributed by atoms with E-state index in [0.717, 1.165) is 25.3 Å². The molecule has 1 aliphatic heterocycles. The number of pyridine rings is 1. The second-order valence-electron chi connectivity index (χ2n) is 4.83. The van der Waals surface area contributed by atoms with Gasteiger partial charge in [0.25, 0.3) is 0 Å². The van der Waals surface area contributed by atoms with Gasteiger partial charge in [0.05, 0.1) is 5.56 Å². The summed E-state index contributed by atoms with van der Waals surface area (Å²) in [6, 6.07) is 2.44. The topological polar surface area (TPSA) is 42.2 Å². The van der Waals surface area contributed by atoms with Gasteiger partial charge in [0, 0.05) is 12.6 Å². The lowest BCUT2D eigenvalue weighted by Gasteiger charge is -2.27. The van der Waals surface area contributed by atoms with Crippen LogP contribution in [0.2, 0.25) is 0 Å². The summed E-state index contributed by atoms with van der Waals surface area (Å²) in [7, 11) is 0. The number of halogens is 3. The van der Waals surface area contributed by atoms with Crippen molar-refractivity contribution >= 4 is 23.0 Å². The molecule has 1 aromatic rings. The molecular weight excluding hydrogens is 287 g/mol.